The van der Waals surface area contributed by atoms with Crippen molar-refractivity contribution in [3.8, 4) is 44.5 Å². The van der Waals surface area contributed by atoms with Crippen LogP contribution in [0.2, 0.25) is 26.2 Å². The van der Waals surface area contributed by atoms with Crippen LogP contribution in [0.25, 0.3) is 109 Å². The monoisotopic (exact) mass is 1620 g/mol. The summed E-state index contributed by atoms with van der Waals surface area (Å²) in [6.45, 7) is 19.7. The largest absolute Gasteiger partial charge is 0.311 e. The lowest BCUT2D eigenvalue weighted by Gasteiger charge is -2.36. The Hall–Kier alpha value is -14.4. The normalized spacial score (nSPS) is 14.1. The molecule has 20 aromatic rings. The summed E-state index contributed by atoms with van der Waals surface area (Å²) >= 11 is 0. The first-order chi connectivity index (χ1) is 60.6. The van der Waals surface area contributed by atoms with Crippen LogP contribution >= 0.6 is 0 Å². The van der Waals surface area contributed by atoms with Crippen LogP contribution in [-0.4, -0.2) is 16.1 Å². The number of hydrogen-bond acceptors (Lipinski definition) is 4. The number of fused-ring (bicyclic) bond motifs is 18. The zero-order chi connectivity index (χ0) is 83.5. The van der Waals surface area contributed by atoms with E-state index in [1.807, 2.05) is 0 Å². The van der Waals surface area contributed by atoms with Gasteiger partial charge in [0.25, 0.3) is 0 Å². The average Bonchev–Trinajstić information content (AvgIpc) is 0.995. The summed E-state index contributed by atoms with van der Waals surface area (Å²) in [5.74, 6) is 0. The van der Waals surface area contributed by atoms with Crippen molar-refractivity contribution in [1.82, 2.24) is 0 Å². The van der Waals surface area contributed by atoms with Crippen LogP contribution in [-0.2, 0) is 10.8 Å². The van der Waals surface area contributed by atoms with Crippen LogP contribution in [0.1, 0.15) is 49.9 Å². The number of para-hydroxylation sites is 6. The van der Waals surface area contributed by atoms with Gasteiger partial charge in [-0.1, -0.05) is 321 Å². The zero-order valence-corrected chi connectivity index (χ0v) is 73.0. The molecule has 0 fully saturated rings. The van der Waals surface area contributed by atoms with E-state index in [1.165, 1.54) is 186 Å². The first-order valence-electron chi connectivity index (χ1n) is 43.7. The molecule has 0 unspecified atom stereocenters. The van der Waals surface area contributed by atoms with Gasteiger partial charge in [0.2, 0.25) is 0 Å². The molecule has 0 bridgehead atoms. The third-order valence-electron chi connectivity index (χ3n) is 28.0. The smallest absolute Gasteiger partial charge is 0.113 e. The second-order valence-electron chi connectivity index (χ2n) is 36.2. The van der Waals surface area contributed by atoms with Crippen molar-refractivity contribution in [3.63, 3.8) is 0 Å². The molecule has 592 valence electrons. The van der Waals surface area contributed by atoms with Crippen molar-refractivity contribution >= 4 is 170 Å². The number of rotatable bonds is 12. The van der Waals surface area contributed by atoms with E-state index < -0.39 is 16.1 Å². The van der Waals surface area contributed by atoms with Gasteiger partial charge in [0, 0.05) is 78.5 Å². The van der Waals surface area contributed by atoms with Gasteiger partial charge in [-0.25, -0.2) is 0 Å². The molecule has 0 saturated carbocycles. The highest BCUT2D eigenvalue weighted by Gasteiger charge is 2.42. The SMILES string of the molecule is CC1(C)c2ccccc2-c2ccc(N(c3ccccc3)c3ccc4c(c3)[Si](C)(C)c3cccc5c3c-4cc3c4ccccc4c(N(c4ccccc4)c4ccc6c(c4)C(C)(C)c4ccccc4-6)cc53)cc21.C[Si]1(C)c2cc(N(c3ccccc3)c3ccccc3)ccc2-c2cc3c4ccccc4c(N(c4ccccc4)c4ccccc4)cc3c3cccc1c23. The predicted octanol–water partition coefficient (Wildman–Crippen LogP) is 30.4. The highest BCUT2D eigenvalue weighted by molar-refractivity contribution is 7.04. The van der Waals surface area contributed by atoms with Crippen LogP contribution in [0.3, 0.4) is 0 Å². The molecule has 2 aliphatic heterocycles. The first kappa shape index (κ1) is 74.6. The third kappa shape index (κ3) is 11.5. The Morgan fingerprint density at radius 3 is 0.806 bits per heavy atom. The summed E-state index contributed by atoms with van der Waals surface area (Å²) in [6, 6.07) is 154. The molecule has 2 heterocycles. The van der Waals surface area contributed by atoms with Crippen LogP contribution in [0.4, 0.5) is 68.2 Å². The van der Waals surface area contributed by atoms with E-state index in [9.17, 15) is 0 Å². The lowest BCUT2D eigenvalue weighted by molar-refractivity contribution is 0.660. The number of benzene rings is 20. The Labute approximate surface area is 728 Å². The molecular weight excluding hydrogens is 1530 g/mol. The van der Waals surface area contributed by atoms with Gasteiger partial charge in [-0.3, -0.25) is 0 Å². The van der Waals surface area contributed by atoms with Gasteiger partial charge < -0.3 is 19.6 Å². The Balaban J connectivity index is 0.000000150. The summed E-state index contributed by atoms with van der Waals surface area (Å²) in [5, 5.41) is 21.6. The Kier molecular flexibility index (Phi) is 17.2. The van der Waals surface area contributed by atoms with Crippen molar-refractivity contribution < 1.29 is 0 Å². The van der Waals surface area contributed by atoms with Gasteiger partial charge in [0.1, 0.15) is 16.1 Å². The molecule has 24 rings (SSSR count). The second kappa shape index (κ2) is 28.6. The Morgan fingerprint density at radius 2 is 0.435 bits per heavy atom. The summed E-state index contributed by atoms with van der Waals surface area (Å²) < 4.78 is 0. The molecule has 2 aliphatic carbocycles. The standard InChI is InChI=1S/C68H54N2Si.C50H38N2Si/c1-67(2)59-29-17-15-25-49(59)51-35-32-45(38-61(51)67)69(43-20-9-7-10-21-43)47-34-37-54-58-41-56-48-24-13-14-27-53(48)63(42-57(56)55-28-19-31-64(66(55)58)71(5,6)65(54)40-47)70(44-22-11-8-12-23-44)46-33-36-52-50-26-16-18-30-60(50)68(3,4)62(52)39-46;1-53(2)48-29-17-28-43-45-34-47(52(37-22-11-5-12-23-37)38-24-13-6-14-25-38)41-27-16-15-26-40(41)44(45)33-46(50(43)48)42-31-30-39(32-49(42)53)51(35-18-7-3-8-19-35)36-20-9-4-10-21-36/h7-42H,1-6H3;3-34H,1-2H3. The summed E-state index contributed by atoms with van der Waals surface area (Å²) in [5.41, 5.74) is 30.1. The van der Waals surface area contributed by atoms with E-state index in [-0.39, 0.29) is 10.8 Å². The van der Waals surface area contributed by atoms with Gasteiger partial charge in [0.15, 0.2) is 0 Å². The summed E-state index contributed by atoms with van der Waals surface area (Å²) in [4.78, 5) is 9.79. The van der Waals surface area contributed by atoms with Gasteiger partial charge in [0.05, 0.1) is 11.4 Å². The molecule has 20 aromatic carbocycles. The predicted molar refractivity (Wildman–Crippen MR) is 536 cm³/mol. The van der Waals surface area contributed by atoms with Crippen molar-refractivity contribution in [1.29, 1.82) is 0 Å². The number of nitrogens with zero attached hydrogens (tertiary/aromatic N) is 4. The van der Waals surface area contributed by atoms with Crippen molar-refractivity contribution in [2.45, 2.75) is 64.7 Å². The maximum Gasteiger partial charge on any atom is 0.113 e. The fourth-order valence-electron chi connectivity index (χ4n) is 21.9. The van der Waals surface area contributed by atoms with Gasteiger partial charge in [-0.2, -0.15) is 0 Å². The van der Waals surface area contributed by atoms with Gasteiger partial charge in [-0.15, -0.1) is 0 Å². The van der Waals surface area contributed by atoms with Crippen molar-refractivity contribution in [3.05, 3.63) is 435 Å². The lowest BCUT2D eigenvalue weighted by Crippen LogP contribution is -2.56. The summed E-state index contributed by atoms with van der Waals surface area (Å²) in [7, 11) is -4.45. The van der Waals surface area contributed by atoms with Gasteiger partial charge >= 0.3 is 0 Å². The highest BCUT2D eigenvalue weighted by atomic mass is 28.3. The second-order valence-corrected chi connectivity index (χ2v) is 44.9. The van der Waals surface area contributed by atoms with Crippen molar-refractivity contribution in [2.75, 3.05) is 19.6 Å². The van der Waals surface area contributed by atoms with Crippen LogP contribution < -0.4 is 40.3 Å². The topological polar surface area (TPSA) is 13.0 Å². The first-order valence-corrected chi connectivity index (χ1v) is 49.7. The van der Waals surface area contributed by atoms with E-state index in [2.05, 4.69) is 486 Å². The van der Waals surface area contributed by atoms with Crippen LogP contribution in [0.15, 0.2) is 413 Å². The maximum atomic E-state index is 2.57. The molecule has 6 heteroatoms. The molecule has 0 N–H and O–H groups in total. The quantitative estimate of drug-likeness (QED) is 0.0893. The minimum Gasteiger partial charge on any atom is -0.311 e. The van der Waals surface area contributed by atoms with E-state index >= 15 is 0 Å². The van der Waals surface area contributed by atoms with E-state index in [0.29, 0.717) is 0 Å². The summed E-state index contributed by atoms with van der Waals surface area (Å²) in [6.07, 6.45) is 0. The highest BCUT2D eigenvalue weighted by Crippen LogP contribution is 2.56. The zero-order valence-electron chi connectivity index (χ0n) is 71.0. The fourth-order valence-corrected chi connectivity index (χ4v) is 28.1. The minimum atomic E-state index is -2.29. The van der Waals surface area contributed by atoms with E-state index in [4.69, 9.17) is 0 Å². The minimum absolute atomic E-state index is 0.100. The average molecular weight is 1620 g/mol. The molecule has 0 radical (unpaired) electrons. The lowest BCUT2D eigenvalue weighted by atomic mass is 9.82. The number of anilines is 12. The van der Waals surface area contributed by atoms with Crippen molar-refractivity contribution in [2.24, 2.45) is 0 Å². The molecule has 4 aliphatic rings. The fraction of sp³-hybridized carbons (Fsp3) is 0.0847. The molecule has 0 aromatic heterocycles. The number of hydrogen-bond donors (Lipinski definition) is 0. The van der Waals surface area contributed by atoms with E-state index in [1.54, 1.807) is 0 Å². The molecule has 4 nitrogen and oxygen atoms in total. The molecule has 124 heavy (non-hydrogen) atoms. The van der Waals surface area contributed by atoms with Crippen LogP contribution in [0, 0.1) is 0 Å². The third-order valence-corrected chi connectivity index (χ3v) is 35.0. The molecular formula is C118H92N4Si2. The molecule has 0 spiro atoms. The Morgan fingerprint density at radius 1 is 0.169 bits per heavy atom. The maximum absolute atomic E-state index is 2.57. The molecule has 0 atom stereocenters. The Bertz CT molecular complexity index is 7660. The van der Waals surface area contributed by atoms with E-state index in [0.717, 1.165) is 34.1 Å². The molecule has 0 saturated heterocycles. The van der Waals surface area contributed by atoms with Gasteiger partial charge in [-0.05, 0) is 287 Å². The molecule has 0 amide bonds. The van der Waals surface area contributed by atoms with Crippen LogP contribution in [0.5, 0.6) is 0 Å².